The van der Waals surface area contributed by atoms with Crippen molar-refractivity contribution in [1.82, 2.24) is 10.3 Å². The number of nitrogens with zero attached hydrogens (tertiary/aromatic N) is 1. The summed E-state index contributed by atoms with van der Waals surface area (Å²) in [6.45, 7) is 3.46. The molecular formula is C11H15N3O5. The van der Waals surface area contributed by atoms with Gasteiger partial charge in [-0.25, -0.2) is 0 Å². The highest BCUT2D eigenvalue weighted by atomic mass is 16.6. The molecule has 19 heavy (non-hydrogen) atoms. The second-order valence-corrected chi connectivity index (χ2v) is 4.86. The predicted octanol–water partition coefficient (Wildman–Crippen LogP) is 0.0314. The maximum atomic E-state index is 11.8. The number of aromatic amines is 1. The van der Waals surface area contributed by atoms with E-state index in [1.807, 2.05) is 0 Å². The van der Waals surface area contributed by atoms with Crippen LogP contribution in [0.2, 0.25) is 0 Å². The first kappa shape index (κ1) is 14.8. The van der Waals surface area contributed by atoms with Crippen molar-refractivity contribution in [3.63, 3.8) is 0 Å². The number of nitro groups is 1. The molecule has 0 atom stereocenters. The van der Waals surface area contributed by atoms with Crippen LogP contribution < -0.4 is 10.9 Å². The van der Waals surface area contributed by atoms with E-state index in [9.17, 15) is 19.7 Å². The van der Waals surface area contributed by atoms with E-state index in [4.69, 9.17) is 5.11 Å². The molecule has 104 valence electrons. The third-order valence-corrected chi connectivity index (χ3v) is 2.50. The smallest absolute Gasteiger partial charge is 0.286 e. The second-order valence-electron chi connectivity index (χ2n) is 4.86. The third kappa shape index (κ3) is 3.88. The number of carbonyl (C=O) groups excluding carboxylic acids is 1. The van der Waals surface area contributed by atoms with E-state index in [2.05, 4.69) is 10.3 Å². The summed E-state index contributed by atoms with van der Waals surface area (Å²) >= 11 is 0. The van der Waals surface area contributed by atoms with Gasteiger partial charge in [-0.15, -0.1) is 0 Å². The van der Waals surface area contributed by atoms with Crippen molar-refractivity contribution in [2.24, 2.45) is 5.41 Å². The molecule has 1 aromatic heterocycles. The van der Waals surface area contributed by atoms with Gasteiger partial charge in [0.1, 0.15) is 5.56 Å². The van der Waals surface area contributed by atoms with E-state index in [1.54, 1.807) is 13.8 Å². The lowest BCUT2D eigenvalue weighted by Gasteiger charge is -2.21. The van der Waals surface area contributed by atoms with E-state index in [-0.39, 0.29) is 24.4 Å². The summed E-state index contributed by atoms with van der Waals surface area (Å²) < 4.78 is 0. The van der Waals surface area contributed by atoms with Gasteiger partial charge >= 0.3 is 0 Å². The summed E-state index contributed by atoms with van der Waals surface area (Å²) in [5, 5.41) is 22.1. The van der Waals surface area contributed by atoms with Gasteiger partial charge in [0.2, 0.25) is 0 Å². The van der Waals surface area contributed by atoms with Gasteiger partial charge in [0.05, 0.1) is 11.1 Å². The van der Waals surface area contributed by atoms with Gasteiger partial charge in [-0.05, 0) is 0 Å². The number of rotatable bonds is 5. The lowest BCUT2D eigenvalue weighted by atomic mass is 9.95. The fourth-order valence-corrected chi connectivity index (χ4v) is 1.22. The van der Waals surface area contributed by atoms with Crippen LogP contribution in [-0.2, 0) is 0 Å². The summed E-state index contributed by atoms with van der Waals surface area (Å²) in [6.07, 6.45) is 0.927. The maximum absolute atomic E-state index is 11.8. The topological polar surface area (TPSA) is 125 Å². The van der Waals surface area contributed by atoms with Crippen LogP contribution in [0.3, 0.4) is 0 Å². The standard InChI is InChI=1S/C11H15N3O5/c1-11(2,6-15)5-13-10(17)8-3-7(14(18)19)4-12-9(8)16/h3-4,15H,5-6H2,1-2H3,(H,12,16)(H,13,17). The Labute approximate surface area is 108 Å². The van der Waals surface area contributed by atoms with Crippen LogP contribution >= 0.6 is 0 Å². The van der Waals surface area contributed by atoms with Crippen molar-refractivity contribution >= 4 is 11.6 Å². The minimum atomic E-state index is -0.716. The highest BCUT2D eigenvalue weighted by molar-refractivity contribution is 5.94. The number of amides is 1. The zero-order valence-electron chi connectivity index (χ0n) is 10.6. The highest BCUT2D eigenvalue weighted by Crippen LogP contribution is 2.12. The molecule has 1 aromatic rings. The highest BCUT2D eigenvalue weighted by Gasteiger charge is 2.20. The molecule has 1 rings (SSSR count). The van der Waals surface area contributed by atoms with Gasteiger partial charge in [-0.2, -0.15) is 0 Å². The normalized spacial score (nSPS) is 11.1. The van der Waals surface area contributed by atoms with Crippen LogP contribution in [0, 0.1) is 15.5 Å². The number of pyridine rings is 1. The van der Waals surface area contributed by atoms with E-state index >= 15 is 0 Å². The molecular weight excluding hydrogens is 254 g/mol. The van der Waals surface area contributed by atoms with Gasteiger partial charge in [0, 0.05) is 24.6 Å². The van der Waals surface area contributed by atoms with E-state index in [1.165, 1.54) is 0 Å². The molecule has 0 saturated heterocycles. The van der Waals surface area contributed by atoms with Crippen molar-refractivity contribution in [1.29, 1.82) is 0 Å². The van der Waals surface area contributed by atoms with Crippen molar-refractivity contribution in [2.45, 2.75) is 13.8 Å². The average Bonchev–Trinajstić information content (AvgIpc) is 2.36. The Bertz CT molecular complexity index is 550. The van der Waals surface area contributed by atoms with Gasteiger partial charge < -0.3 is 15.4 Å². The summed E-state index contributed by atoms with van der Waals surface area (Å²) in [7, 11) is 0. The van der Waals surface area contributed by atoms with Gasteiger partial charge in [0.15, 0.2) is 0 Å². The van der Waals surface area contributed by atoms with E-state index in [0.717, 1.165) is 12.3 Å². The molecule has 0 aliphatic carbocycles. The van der Waals surface area contributed by atoms with Gasteiger partial charge in [-0.1, -0.05) is 13.8 Å². The summed E-state index contributed by atoms with van der Waals surface area (Å²) in [5.74, 6) is -0.716. The van der Waals surface area contributed by atoms with Crippen molar-refractivity contribution < 1.29 is 14.8 Å². The van der Waals surface area contributed by atoms with E-state index < -0.39 is 21.8 Å². The Balaban J connectivity index is 2.91. The molecule has 0 bridgehead atoms. The molecule has 0 aliphatic rings. The minimum absolute atomic E-state index is 0.140. The predicted molar refractivity (Wildman–Crippen MR) is 66.9 cm³/mol. The molecule has 1 amide bonds. The van der Waals surface area contributed by atoms with Crippen molar-refractivity contribution in [3.05, 3.63) is 38.3 Å². The number of nitrogens with one attached hydrogen (secondary N) is 2. The number of H-pyrrole nitrogens is 1. The number of aromatic nitrogens is 1. The van der Waals surface area contributed by atoms with Crippen molar-refractivity contribution in [3.8, 4) is 0 Å². The molecule has 0 unspecified atom stereocenters. The number of aliphatic hydroxyl groups excluding tert-OH is 1. The molecule has 3 N–H and O–H groups in total. The zero-order valence-corrected chi connectivity index (χ0v) is 10.6. The zero-order chi connectivity index (χ0) is 14.6. The second kappa shape index (κ2) is 5.61. The largest absolute Gasteiger partial charge is 0.396 e. The molecule has 1 heterocycles. The molecule has 8 nitrogen and oxygen atoms in total. The van der Waals surface area contributed by atoms with Gasteiger partial charge in [-0.3, -0.25) is 19.7 Å². The molecule has 0 fully saturated rings. The summed E-state index contributed by atoms with van der Waals surface area (Å²) in [4.78, 5) is 35.2. The van der Waals surface area contributed by atoms with Crippen LogP contribution in [0.1, 0.15) is 24.2 Å². The van der Waals surface area contributed by atoms with Crippen molar-refractivity contribution in [2.75, 3.05) is 13.2 Å². The lowest BCUT2D eigenvalue weighted by Crippen LogP contribution is -2.38. The number of carbonyl (C=O) groups is 1. The van der Waals surface area contributed by atoms with E-state index in [0.29, 0.717) is 0 Å². The number of aliphatic hydroxyl groups is 1. The molecule has 0 aromatic carbocycles. The Morgan fingerprint density at radius 2 is 2.21 bits per heavy atom. The maximum Gasteiger partial charge on any atom is 0.286 e. The summed E-state index contributed by atoms with van der Waals surface area (Å²) in [5.41, 5.74) is -1.94. The Hall–Kier alpha value is -2.22. The first-order valence-corrected chi connectivity index (χ1v) is 5.53. The SMILES string of the molecule is CC(C)(CO)CNC(=O)c1cc([N+](=O)[O-])c[nH]c1=O. The van der Waals surface area contributed by atoms with Crippen LogP contribution in [0.4, 0.5) is 5.69 Å². The van der Waals surface area contributed by atoms with Crippen LogP contribution in [0.15, 0.2) is 17.1 Å². The summed E-state index contributed by atoms with van der Waals surface area (Å²) in [6, 6.07) is 0.917. The quantitative estimate of drug-likeness (QED) is 0.513. The molecule has 8 heteroatoms. The number of hydrogen-bond donors (Lipinski definition) is 3. The molecule has 0 spiro atoms. The Morgan fingerprint density at radius 3 is 2.74 bits per heavy atom. The minimum Gasteiger partial charge on any atom is -0.396 e. The molecule has 0 aliphatic heterocycles. The van der Waals surface area contributed by atoms with Crippen LogP contribution in [0.5, 0.6) is 0 Å². The number of hydrogen-bond acceptors (Lipinski definition) is 5. The Morgan fingerprint density at radius 1 is 1.58 bits per heavy atom. The fourth-order valence-electron chi connectivity index (χ4n) is 1.22. The first-order valence-electron chi connectivity index (χ1n) is 5.53. The lowest BCUT2D eigenvalue weighted by molar-refractivity contribution is -0.385. The third-order valence-electron chi connectivity index (χ3n) is 2.50. The first-order chi connectivity index (χ1) is 8.76. The van der Waals surface area contributed by atoms with Crippen LogP contribution in [0.25, 0.3) is 0 Å². The molecule has 0 saturated carbocycles. The van der Waals surface area contributed by atoms with Gasteiger partial charge in [0.25, 0.3) is 17.2 Å². The average molecular weight is 269 g/mol. The monoisotopic (exact) mass is 269 g/mol. The Kier molecular flexibility index (Phi) is 4.38. The molecule has 0 radical (unpaired) electrons. The fraction of sp³-hybridized carbons (Fsp3) is 0.455. The van der Waals surface area contributed by atoms with Crippen LogP contribution in [-0.4, -0.2) is 34.1 Å².